The first-order valence-electron chi connectivity index (χ1n) is 6.91. The zero-order valence-corrected chi connectivity index (χ0v) is 13.9. The lowest BCUT2D eigenvalue weighted by atomic mass is 10.1. The summed E-state index contributed by atoms with van der Waals surface area (Å²) in [5.74, 6) is 0.810. The monoisotopic (exact) mass is 295 g/mol. The van der Waals surface area contributed by atoms with Crippen LogP contribution in [0, 0.1) is 13.8 Å². The number of aryl methyl sites for hydroxylation is 1. The molecule has 0 saturated heterocycles. The van der Waals surface area contributed by atoms with Crippen LogP contribution in [0.15, 0.2) is 0 Å². The fraction of sp³-hybridized carbons (Fsp3) is 0.643. The maximum atomic E-state index is 5.90. The highest BCUT2D eigenvalue weighted by Gasteiger charge is 2.18. The molecule has 2 N–H and O–H groups in total. The minimum atomic E-state index is 0.390. The second-order valence-corrected chi connectivity index (χ2v) is 5.70. The predicted octanol–water partition coefficient (Wildman–Crippen LogP) is 1.51. The van der Waals surface area contributed by atoms with E-state index < -0.39 is 0 Å². The second kappa shape index (κ2) is 7.50. The van der Waals surface area contributed by atoms with E-state index in [1.54, 1.807) is 0 Å². The van der Waals surface area contributed by atoms with Crippen molar-refractivity contribution in [3.05, 3.63) is 16.8 Å². The lowest BCUT2D eigenvalue weighted by Gasteiger charge is -2.27. The summed E-state index contributed by atoms with van der Waals surface area (Å²) in [6, 6.07) is 0. The number of rotatable bonds is 7. The molecule has 0 amide bonds. The Bertz CT molecular complexity index is 473. The molecule has 0 spiro atoms. The highest BCUT2D eigenvalue weighted by Crippen LogP contribution is 2.22. The predicted molar refractivity (Wildman–Crippen MR) is 88.5 cm³/mol. The molecule has 20 heavy (non-hydrogen) atoms. The van der Waals surface area contributed by atoms with Crippen LogP contribution >= 0.6 is 12.2 Å². The number of hydrogen-bond donors (Lipinski definition) is 1. The van der Waals surface area contributed by atoms with E-state index in [0.717, 1.165) is 48.7 Å². The molecule has 112 valence electrons. The van der Waals surface area contributed by atoms with E-state index in [1.807, 2.05) is 13.8 Å². The second-order valence-electron chi connectivity index (χ2n) is 5.26. The normalized spacial score (nSPS) is 10.9. The van der Waals surface area contributed by atoms with Crippen molar-refractivity contribution < 1.29 is 0 Å². The van der Waals surface area contributed by atoms with E-state index in [2.05, 4.69) is 41.0 Å². The zero-order valence-electron chi connectivity index (χ0n) is 13.1. The average molecular weight is 295 g/mol. The lowest BCUT2D eigenvalue weighted by molar-refractivity contribution is 0.412. The van der Waals surface area contributed by atoms with Crippen LogP contribution in [0.2, 0.25) is 0 Å². The fourth-order valence-corrected chi connectivity index (χ4v) is 2.27. The summed E-state index contributed by atoms with van der Waals surface area (Å²) >= 11 is 5.21. The first kappa shape index (κ1) is 16.8. The molecule has 0 bridgehead atoms. The maximum Gasteiger partial charge on any atom is 0.161 e. The molecule has 0 saturated carbocycles. The molecule has 0 aliphatic carbocycles. The van der Waals surface area contributed by atoms with Gasteiger partial charge in [-0.2, -0.15) is 5.10 Å². The molecule has 0 atom stereocenters. The molecule has 0 aliphatic heterocycles. The molecule has 0 unspecified atom stereocenters. The van der Waals surface area contributed by atoms with Crippen molar-refractivity contribution in [1.29, 1.82) is 0 Å². The Hall–Kier alpha value is -1.27. The van der Waals surface area contributed by atoms with Crippen LogP contribution < -0.4 is 10.6 Å². The zero-order chi connectivity index (χ0) is 15.3. The quantitative estimate of drug-likeness (QED) is 0.770. The Morgan fingerprint density at radius 3 is 2.30 bits per heavy atom. The summed E-state index contributed by atoms with van der Waals surface area (Å²) in [7, 11) is 4.12. The Morgan fingerprint density at radius 2 is 1.80 bits per heavy atom. The molecule has 5 nitrogen and oxygen atoms in total. The molecule has 1 rings (SSSR count). The van der Waals surface area contributed by atoms with Gasteiger partial charge in [-0.25, -0.2) is 0 Å². The third-order valence-corrected chi connectivity index (χ3v) is 3.50. The maximum absolute atomic E-state index is 5.90. The number of aromatic nitrogens is 2. The van der Waals surface area contributed by atoms with Crippen LogP contribution in [-0.4, -0.2) is 53.8 Å². The van der Waals surface area contributed by atoms with E-state index in [1.165, 1.54) is 0 Å². The molecule has 0 fully saturated rings. The molecule has 6 heteroatoms. The van der Waals surface area contributed by atoms with Crippen LogP contribution in [0.5, 0.6) is 0 Å². The summed E-state index contributed by atoms with van der Waals surface area (Å²) in [6.07, 6.45) is 1.04. The first-order valence-corrected chi connectivity index (χ1v) is 7.32. The Kier molecular flexibility index (Phi) is 6.29. The summed E-state index contributed by atoms with van der Waals surface area (Å²) in [5, 5.41) is 8.58. The molecule has 0 aliphatic rings. The van der Waals surface area contributed by atoms with Gasteiger partial charge in [0.15, 0.2) is 5.82 Å². The summed E-state index contributed by atoms with van der Waals surface area (Å²) < 4.78 is 0. The van der Waals surface area contributed by atoms with Gasteiger partial charge in [0, 0.05) is 19.6 Å². The molecule has 1 aromatic rings. The lowest BCUT2D eigenvalue weighted by Crippen LogP contribution is -2.35. The van der Waals surface area contributed by atoms with Crippen molar-refractivity contribution in [2.75, 3.05) is 38.6 Å². The highest BCUT2D eigenvalue weighted by molar-refractivity contribution is 7.80. The van der Waals surface area contributed by atoms with Gasteiger partial charge >= 0.3 is 0 Å². The van der Waals surface area contributed by atoms with E-state index in [4.69, 9.17) is 18.0 Å². The fourth-order valence-electron chi connectivity index (χ4n) is 2.03. The molecule has 1 aromatic heterocycles. The van der Waals surface area contributed by atoms with E-state index in [0.29, 0.717) is 4.99 Å². The first-order chi connectivity index (χ1) is 9.38. The summed E-state index contributed by atoms with van der Waals surface area (Å²) in [5.41, 5.74) is 8.66. The van der Waals surface area contributed by atoms with Gasteiger partial charge in [0.25, 0.3) is 0 Å². The van der Waals surface area contributed by atoms with Crippen molar-refractivity contribution >= 4 is 23.0 Å². The SMILES string of the molecule is CCCN(CCN(C)C)c1nnc(C)c(C)c1C(N)=S. The minimum Gasteiger partial charge on any atom is -0.389 e. The average Bonchev–Trinajstić information content (AvgIpc) is 2.37. The van der Waals surface area contributed by atoms with E-state index in [-0.39, 0.29) is 0 Å². The van der Waals surface area contributed by atoms with E-state index in [9.17, 15) is 0 Å². The van der Waals surface area contributed by atoms with Crippen LogP contribution in [0.25, 0.3) is 0 Å². The number of nitrogens with zero attached hydrogens (tertiary/aromatic N) is 4. The third kappa shape index (κ3) is 4.11. The van der Waals surface area contributed by atoms with Crippen molar-refractivity contribution in [3.8, 4) is 0 Å². The van der Waals surface area contributed by atoms with Gasteiger partial charge in [0.05, 0.1) is 11.3 Å². The molecule has 0 aromatic carbocycles. The summed E-state index contributed by atoms with van der Waals surface area (Å²) in [6.45, 7) is 8.83. The Balaban J connectivity index is 3.18. The van der Waals surface area contributed by atoms with Crippen molar-refractivity contribution in [2.45, 2.75) is 27.2 Å². The number of anilines is 1. The van der Waals surface area contributed by atoms with Gasteiger partial charge in [-0.1, -0.05) is 19.1 Å². The summed E-state index contributed by atoms with van der Waals surface area (Å²) in [4.78, 5) is 4.76. The third-order valence-electron chi connectivity index (χ3n) is 3.29. The number of thiocarbonyl (C=S) groups is 1. The standard InChI is InChI=1S/C14H25N5S/c1-6-7-19(9-8-18(4)5)14-12(13(15)20)10(2)11(3)16-17-14/h6-9H2,1-5H3,(H2,15,20). The minimum absolute atomic E-state index is 0.390. The Morgan fingerprint density at radius 1 is 1.15 bits per heavy atom. The van der Waals surface area contributed by atoms with Gasteiger partial charge in [-0.15, -0.1) is 5.10 Å². The van der Waals surface area contributed by atoms with Gasteiger partial charge in [-0.05, 0) is 39.9 Å². The highest BCUT2D eigenvalue weighted by atomic mass is 32.1. The molecular weight excluding hydrogens is 270 g/mol. The number of hydrogen-bond acceptors (Lipinski definition) is 5. The van der Waals surface area contributed by atoms with E-state index >= 15 is 0 Å². The van der Waals surface area contributed by atoms with Crippen LogP contribution in [0.4, 0.5) is 5.82 Å². The van der Waals surface area contributed by atoms with Crippen molar-refractivity contribution in [1.82, 2.24) is 15.1 Å². The smallest absolute Gasteiger partial charge is 0.161 e. The molecular formula is C14H25N5S. The van der Waals surface area contributed by atoms with Gasteiger partial charge in [0.1, 0.15) is 4.99 Å². The van der Waals surface area contributed by atoms with Gasteiger partial charge in [0.2, 0.25) is 0 Å². The van der Waals surface area contributed by atoms with Gasteiger partial charge in [-0.3, -0.25) is 0 Å². The number of nitrogens with two attached hydrogens (primary N) is 1. The van der Waals surface area contributed by atoms with Crippen molar-refractivity contribution in [2.24, 2.45) is 5.73 Å². The number of likely N-dealkylation sites (N-methyl/N-ethyl adjacent to an activating group) is 1. The molecule has 1 heterocycles. The molecule has 0 radical (unpaired) electrons. The van der Waals surface area contributed by atoms with Crippen LogP contribution in [0.3, 0.4) is 0 Å². The largest absolute Gasteiger partial charge is 0.389 e. The van der Waals surface area contributed by atoms with Gasteiger partial charge < -0.3 is 15.5 Å². The van der Waals surface area contributed by atoms with Crippen LogP contribution in [0.1, 0.15) is 30.2 Å². The van der Waals surface area contributed by atoms with Crippen LogP contribution in [-0.2, 0) is 0 Å². The topological polar surface area (TPSA) is 58.3 Å². The Labute approximate surface area is 127 Å². The van der Waals surface area contributed by atoms with Crippen molar-refractivity contribution in [3.63, 3.8) is 0 Å².